The summed E-state index contributed by atoms with van der Waals surface area (Å²) >= 11 is 0. The van der Waals surface area contributed by atoms with Crippen LogP contribution in [0.15, 0.2) is 0 Å². The number of ether oxygens (including phenoxy) is 2. The largest absolute Gasteiger partial charge is 0.385 e. The summed E-state index contributed by atoms with van der Waals surface area (Å²) in [6.07, 6.45) is 2.16. The minimum absolute atomic E-state index is 0.354. The maximum Gasteiger partial charge on any atom is 0.0510 e. The van der Waals surface area contributed by atoms with E-state index >= 15 is 0 Å². The fourth-order valence-electron chi connectivity index (χ4n) is 2.08. The van der Waals surface area contributed by atoms with E-state index in [1.165, 1.54) is 0 Å². The Hall–Kier alpha value is -0.160. The fourth-order valence-corrected chi connectivity index (χ4v) is 2.08. The van der Waals surface area contributed by atoms with E-state index in [1.54, 1.807) is 7.11 Å². The van der Waals surface area contributed by atoms with E-state index in [9.17, 15) is 0 Å². The minimum atomic E-state index is 0.354. The third kappa shape index (κ3) is 3.20. The molecule has 0 radical (unpaired) electrons. The average molecular weight is 202 g/mol. The van der Waals surface area contributed by atoms with Gasteiger partial charge in [0.2, 0.25) is 0 Å². The number of methoxy groups -OCH3 is 1. The lowest BCUT2D eigenvalue weighted by Gasteiger charge is -2.27. The van der Waals surface area contributed by atoms with Crippen molar-refractivity contribution < 1.29 is 9.47 Å². The van der Waals surface area contributed by atoms with Crippen molar-refractivity contribution in [3.63, 3.8) is 0 Å². The van der Waals surface area contributed by atoms with Crippen LogP contribution in [0.4, 0.5) is 0 Å². The molecule has 1 fully saturated rings. The molecule has 1 heterocycles. The van der Waals surface area contributed by atoms with Crippen LogP contribution >= 0.6 is 0 Å². The monoisotopic (exact) mass is 202 g/mol. The van der Waals surface area contributed by atoms with Gasteiger partial charge in [0, 0.05) is 32.3 Å². The van der Waals surface area contributed by atoms with Gasteiger partial charge in [-0.05, 0) is 18.8 Å². The van der Waals surface area contributed by atoms with Gasteiger partial charge in [-0.2, -0.15) is 0 Å². The zero-order chi connectivity index (χ0) is 10.4. The van der Waals surface area contributed by atoms with Gasteiger partial charge in [0.25, 0.3) is 0 Å². The van der Waals surface area contributed by atoms with Crippen molar-refractivity contribution in [2.75, 3.05) is 26.9 Å². The van der Waals surface area contributed by atoms with Crippen molar-refractivity contribution in [2.45, 2.75) is 25.8 Å². The molecular formula is C10H22N2O2. The number of rotatable bonds is 6. The fraction of sp³-hybridized carbons (Fsp3) is 1.00. The lowest BCUT2D eigenvalue weighted by Crippen LogP contribution is -2.45. The van der Waals surface area contributed by atoms with E-state index in [0.29, 0.717) is 17.9 Å². The second kappa shape index (κ2) is 6.35. The van der Waals surface area contributed by atoms with Crippen LogP contribution in [0.2, 0.25) is 0 Å². The molecule has 0 bridgehead atoms. The first-order valence-corrected chi connectivity index (χ1v) is 5.32. The lowest BCUT2D eigenvalue weighted by atomic mass is 9.87. The Morgan fingerprint density at radius 1 is 1.64 bits per heavy atom. The Bertz CT molecular complexity index is 149. The summed E-state index contributed by atoms with van der Waals surface area (Å²) in [4.78, 5) is 0. The maximum absolute atomic E-state index is 5.58. The van der Waals surface area contributed by atoms with Gasteiger partial charge < -0.3 is 9.47 Å². The molecule has 0 aromatic rings. The third-order valence-electron chi connectivity index (χ3n) is 3.06. The molecule has 3 N–H and O–H groups in total. The van der Waals surface area contributed by atoms with Crippen LogP contribution < -0.4 is 11.3 Å². The van der Waals surface area contributed by atoms with Crippen LogP contribution in [0.1, 0.15) is 19.8 Å². The molecule has 14 heavy (non-hydrogen) atoms. The second-order valence-corrected chi connectivity index (χ2v) is 4.07. The molecule has 4 nitrogen and oxygen atoms in total. The molecule has 0 amide bonds. The number of nitrogens with two attached hydrogens (primary N) is 1. The molecule has 1 aliphatic rings. The van der Waals surface area contributed by atoms with Crippen LogP contribution in [0, 0.1) is 11.8 Å². The van der Waals surface area contributed by atoms with Crippen LogP contribution in [0.25, 0.3) is 0 Å². The van der Waals surface area contributed by atoms with Crippen molar-refractivity contribution in [3.05, 3.63) is 0 Å². The molecular weight excluding hydrogens is 180 g/mol. The highest BCUT2D eigenvalue weighted by Gasteiger charge is 2.28. The minimum Gasteiger partial charge on any atom is -0.385 e. The van der Waals surface area contributed by atoms with Crippen LogP contribution in [-0.2, 0) is 9.47 Å². The van der Waals surface area contributed by atoms with Crippen molar-refractivity contribution in [1.29, 1.82) is 0 Å². The molecule has 0 aromatic heterocycles. The van der Waals surface area contributed by atoms with Crippen LogP contribution in [0.5, 0.6) is 0 Å². The molecule has 0 aliphatic carbocycles. The Balaban J connectivity index is 2.34. The summed E-state index contributed by atoms with van der Waals surface area (Å²) in [6, 6.07) is 0.354. The highest BCUT2D eigenvalue weighted by atomic mass is 16.5. The van der Waals surface area contributed by atoms with E-state index in [2.05, 4.69) is 12.3 Å². The number of hydrogen-bond donors (Lipinski definition) is 2. The van der Waals surface area contributed by atoms with Gasteiger partial charge in [-0.3, -0.25) is 11.3 Å². The summed E-state index contributed by atoms with van der Waals surface area (Å²) in [5, 5.41) is 0. The van der Waals surface area contributed by atoms with Crippen LogP contribution in [0.3, 0.4) is 0 Å². The van der Waals surface area contributed by atoms with E-state index in [-0.39, 0.29) is 0 Å². The molecule has 1 aliphatic heterocycles. The molecule has 84 valence electrons. The molecule has 1 saturated heterocycles. The van der Waals surface area contributed by atoms with Gasteiger partial charge in [-0.1, -0.05) is 6.92 Å². The summed E-state index contributed by atoms with van der Waals surface area (Å²) in [7, 11) is 1.73. The van der Waals surface area contributed by atoms with Gasteiger partial charge in [-0.15, -0.1) is 0 Å². The zero-order valence-electron chi connectivity index (χ0n) is 9.16. The van der Waals surface area contributed by atoms with E-state index in [4.69, 9.17) is 15.3 Å². The van der Waals surface area contributed by atoms with Gasteiger partial charge in [0.15, 0.2) is 0 Å². The lowest BCUT2D eigenvalue weighted by molar-refractivity contribution is 0.142. The van der Waals surface area contributed by atoms with E-state index in [0.717, 1.165) is 32.7 Å². The Kier molecular flexibility index (Phi) is 5.40. The van der Waals surface area contributed by atoms with E-state index in [1.807, 2.05) is 0 Å². The predicted octanol–water partition coefficient (Wildman–Crippen LogP) is 0.527. The normalized spacial score (nSPS) is 26.4. The van der Waals surface area contributed by atoms with E-state index < -0.39 is 0 Å². The van der Waals surface area contributed by atoms with Crippen molar-refractivity contribution in [2.24, 2.45) is 17.7 Å². The molecule has 0 spiro atoms. The topological polar surface area (TPSA) is 56.5 Å². The van der Waals surface area contributed by atoms with Crippen molar-refractivity contribution in [3.8, 4) is 0 Å². The smallest absolute Gasteiger partial charge is 0.0510 e. The number of hydrazine groups is 1. The third-order valence-corrected chi connectivity index (χ3v) is 3.06. The highest BCUT2D eigenvalue weighted by Crippen LogP contribution is 2.23. The highest BCUT2D eigenvalue weighted by molar-refractivity contribution is 4.81. The summed E-state index contributed by atoms with van der Waals surface area (Å²) < 4.78 is 10.4. The molecule has 0 saturated carbocycles. The predicted molar refractivity (Wildman–Crippen MR) is 55.7 cm³/mol. The zero-order valence-corrected chi connectivity index (χ0v) is 9.16. The Labute approximate surface area is 86.1 Å². The molecule has 4 heteroatoms. The summed E-state index contributed by atoms with van der Waals surface area (Å²) in [5.41, 5.74) is 2.92. The molecule has 3 atom stereocenters. The van der Waals surface area contributed by atoms with Crippen LogP contribution in [-0.4, -0.2) is 33.0 Å². The molecule has 1 rings (SSSR count). The Morgan fingerprint density at radius 2 is 2.43 bits per heavy atom. The quantitative estimate of drug-likeness (QED) is 0.487. The van der Waals surface area contributed by atoms with Gasteiger partial charge in [0.1, 0.15) is 0 Å². The standard InChI is InChI=1S/C10H22N2O2/c1-8(3-5-13-2)10(12-11)9-4-6-14-7-9/h8-10,12H,3-7,11H2,1-2H3. The maximum atomic E-state index is 5.58. The summed E-state index contributed by atoms with van der Waals surface area (Å²) in [5.74, 6) is 6.67. The van der Waals surface area contributed by atoms with Gasteiger partial charge in [-0.25, -0.2) is 0 Å². The van der Waals surface area contributed by atoms with Crippen molar-refractivity contribution in [1.82, 2.24) is 5.43 Å². The first kappa shape index (κ1) is 11.9. The Morgan fingerprint density at radius 3 is 2.93 bits per heavy atom. The SMILES string of the molecule is COCCC(C)C(NN)C1CCOC1. The second-order valence-electron chi connectivity index (χ2n) is 4.07. The number of nitrogens with one attached hydrogen (secondary N) is 1. The van der Waals surface area contributed by atoms with Crippen molar-refractivity contribution >= 4 is 0 Å². The first-order valence-electron chi connectivity index (χ1n) is 5.32. The molecule has 0 aromatic carbocycles. The first-order chi connectivity index (χ1) is 6.79. The number of hydrogen-bond acceptors (Lipinski definition) is 4. The van der Waals surface area contributed by atoms with Gasteiger partial charge in [0.05, 0.1) is 6.61 Å². The summed E-state index contributed by atoms with van der Waals surface area (Å²) in [6.45, 7) is 4.72. The van der Waals surface area contributed by atoms with Gasteiger partial charge >= 0.3 is 0 Å². The average Bonchev–Trinajstić information content (AvgIpc) is 2.69. The molecule has 3 unspecified atom stereocenters.